The zero-order valence-corrected chi connectivity index (χ0v) is 10.3. The molecule has 0 saturated heterocycles. The Morgan fingerprint density at radius 1 is 1.05 bits per heavy atom. The molecule has 0 bridgehead atoms. The highest BCUT2D eigenvalue weighted by Gasteiger charge is 2.31. The van der Waals surface area contributed by atoms with E-state index in [0.29, 0.717) is 12.3 Å². The van der Waals surface area contributed by atoms with Crippen LogP contribution in [0.1, 0.15) is 11.1 Å². The van der Waals surface area contributed by atoms with Gasteiger partial charge < -0.3 is 9.84 Å². The molecule has 0 amide bonds. The summed E-state index contributed by atoms with van der Waals surface area (Å²) in [6, 6.07) is 2.21. The van der Waals surface area contributed by atoms with E-state index in [0.717, 1.165) is 18.3 Å². The van der Waals surface area contributed by atoms with Crippen LogP contribution >= 0.6 is 0 Å². The van der Waals surface area contributed by atoms with Crippen molar-refractivity contribution in [2.24, 2.45) is 0 Å². The lowest BCUT2D eigenvalue weighted by molar-refractivity contribution is -0.137. The number of ether oxygens (including phenoxy) is 1. The van der Waals surface area contributed by atoms with E-state index < -0.39 is 41.5 Å². The molecule has 1 N–H and O–H groups in total. The second-order valence-electron chi connectivity index (χ2n) is 4.06. The Morgan fingerprint density at radius 3 is 2.19 bits per heavy atom. The van der Waals surface area contributed by atoms with Crippen LogP contribution < -0.4 is 4.74 Å². The molecule has 0 aliphatic rings. The lowest BCUT2D eigenvalue weighted by Gasteiger charge is -2.11. The number of aliphatic hydroxyl groups is 1. The summed E-state index contributed by atoms with van der Waals surface area (Å²) < 4.78 is 69.5. The topological polar surface area (TPSA) is 42.4 Å². The van der Waals surface area contributed by atoms with Gasteiger partial charge in [0, 0.05) is 6.20 Å². The number of hydrogen-bond donors (Lipinski definition) is 1. The number of alkyl halides is 3. The number of nitrogens with zero attached hydrogens (tertiary/aromatic N) is 1. The molecule has 1 aromatic heterocycles. The number of hydrogen-bond acceptors (Lipinski definition) is 3. The summed E-state index contributed by atoms with van der Waals surface area (Å²) in [6.45, 7) is -0.584. The van der Waals surface area contributed by atoms with Crippen LogP contribution in [0.15, 0.2) is 30.6 Å². The molecule has 2 rings (SSSR count). The molecule has 1 heterocycles. The van der Waals surface area contributed by atoms with Crippen LogP contribution in [-0.2, 0) is 12.8 Å². The fourth-order valence-electron chi connectivity index (χ4n) is 1.55. The molecule has 0 fully saturated rings. The van der Waals surface area contributed by atoms with Crippen LogP contribution in [0.2, 0.25) is 0 Å². The van der Waals surface area contributed by atoms with E-state index in [-0.39, 0.29) is 5.56 Å². The largest absolute Gasteiger partial charge is 0.450 e. The Bertz CT molecular complexity index is 634. The number of rotatable bonds is 3. The Kier molecular flexibility index (Phi) is 4.08. The summed E-state index contributed by atoms with van der Waals surface area (Å²) in [7, 11) is 0. The van der Waals surface area contributed by atoms with Crippen LogP contribution in [0.3, 0.4) is 0 Å². The molecule has 0 spiro atoms. The maximum absolute atomic E-state index is 13.6. The second kappa shape index (κ2) is 5.65. The molecule has 0 saturated carbocycles. The molecule has 0 radical (unpaired) electrons. The van der Waals surface area contributed by atoms with E-state index in [4.69, 9.17) is 9.84 Å². The highest BCUT2D eigenvalue weighted by molar-refractivity contribution is 5.36. The Morgan fingerprint density at radius 2 is 1.67 bits per heavy atom. The third-order valence-corrected chi connectivity index (χ3v) is 2.50. The van der Waals surface area contributed by atoms with Crippen molar-refractivity contribution in [2.75, 3.05) is 0 Å². The van der Waals surface area contributed by atoms with E-state index in [1.165, 1.54) is 0 Å². The van der Waals surface area contributed by atoms with Gasteiger partial charge in [-0.25, -0.2) is 8.78 Å². The molecular weight excluding hydrogens is 297 g/mol. The molecule has 112 valence electrons. The van der Waals surface area contributed by atoms with Crippen LogP contribution in [0, 0.1) is 11.6 Å². The summed E-state index contributed by atoms with van der Waals surface area (Å²) in [5, 5.41) is 8.78. The molecule has 3 nitrogen and oxygen atoms in total. The van der Waals surface area contributed by atoms with E-state index >= 15 is 0 Å². The van der Waals surface area contributed by atoms with Crippen molar-refractivity contribution >= 4 is 0 Å². The van der Waals surface area contributed by atoms with E-state index in [2.05, 4.69) is 4.98 Å². The second-order valence-corrected chi connectivity index (χ2v) is 4.06. The molecule has 2 aromatic rings. The van der Waals surface area contributed by atoms with Gasteiger partial charge in [0.25, 0.3) is 0 Å². The SMILES string of the molecule is OCc1cc(F)c(Oc2cncc(C(F)(F)F)c2)c(F)c1. The highest BCUT2D eigenvalue weighted by atomic mass is 19.4. The van der Waals surface area contributed by atoms with Crippen molar-refractivity contribution in [2.45, 2.75) is 12.8 Å². The molecule has 0 unspecified atom stereocenters. The summed E-state index contributed by atoms with van der Waals surface area (Å²) in [4.78, 5) is 3.31. The molecule has 8 heteroatoms. The summed E-state index contributed by atoms with van der Waals surface area (Å²) in [5.74, 6) is -3.61. The minimum atomic E-state index is -4.65. The van der Waals surface area contributed by atoms with Gasteiger partial charge in [0.15, 0.2) is 17.4 Å². The van der Waals surface area contributed by atoms with E-state index in [9.17, 15) is 22.0 Å². The standard InChI is InChI=1S/C13H8F5NO2/c14-10-1-7(6-20)2-11(15)12(10)21-9-3-8(4-19-5-9)13(16,17)18/h1-5,20H,6H2. The first-order chi connectivity index (χ1) is 9.81. The lowest BCUT2D eigenvalue weighted by atomic mass is 10.2. The van der Waals surface area contributed by atoms with E-state index in [1.807, 2.05) is 0 Å². The maximum atomic E-state index is 13.6. The van der Waals surface area contributed by atoms with Crippen LogP contribution in [0.4, 0.5) is 22.0 Å². The maximum Gasteiger partial charge on any atom is 0.418 e. The number of halogens is 5. The Hall–Kier alpha value is -2.22. The van der Waals surface area contributed by atoms with Crippen LogP contribution in [0.25, 0.3) is 0 Å². The zero-order chi connectivity index (χ0) is 15.6. The fourth-order valence-corrected chi connectivity index (χ4v) is 1.55. The van der Waals surface area contributed by atoms with Crippen LogP contribution in [0.5, 0.6) is 11.5 Å². The van der Waals surface area contributed by atoms with Gasteiger partial charge >= 0.3 is 6.18 Å². The lowest BCUT2D eigenvalue weighted by Crippen LogP contribution is -2.05. The van der Waals surface area contributed by atoms with Crippen molar-refractivity contribution < 1.29 is 31.8 Å². The summed E-state index contributed by atoms with van der Waals surface area (Å²) in [6.07, 6.45) is -3.19. The molecule has 0 atom stereocenters. The van der Waals surface area contributed by atoms with Gasteiger partial charge in [-0.1, -0.05) is 0 Å². The van der Waals surface area contributed by atoms with Gasteiger partial charge in [0.1, 0.15) is 5.75 Å². The Labute approximate surface area is 115 Å². The first-order valence-corrected chi connectivity index (χ1v) is 5.60. The first kappa shape index (κ1) is 15.2. The average molecular weight is 305 g/mol. The minimum Gasteiger partial charge on any atom is -0.450 e. The third-order valence-electron chi connectivity index (χ3n) is 2.50. The van der Waals surface area contributed by atoms with Gasteiger partial charge in [-0.3, -0.25) is 4.98 Å². The molecule has 0 aliphatic carbocycles. The number of aromatic nitrogens is 1. The molecule has 0 aliphatic heterocycles. The van der Waals surface area contributed by atoms with Gasteiger partial charge in [0.05, 0.1) is 18.4 Å². The quantitative estimate of drug-likeness (QED) is 0.880. The zero-order valence-electron chi connectivity index (χ0n) is 10.3. The number of aliphatic hydroxyl groups excluding tert-OH is 1. The number of pyridine rings is 1. The monoisotopic (exact) mass is 305 g/mol. The van der Waals surface area contributed by atoms with Crippen molar-refractivity contribution in [1.82, 2.24) is 4.98 Å². The molecule has 21 heavy (non-hydrogen) atoms. The minimum absolute atomic E-state index is 0.0282. The van der Waals surface area contributed by atoms with Crippen molar-refractivity contribution in [3.8, 4) is 11.5 Å². The van der Waals surface area contributed by atoms with Gasteiger partial charge in [-0.15, -0.1) is 0 Å². The van der Waals surface area contributed by atoms with Crippen molar-refractivity contribution in [1.29, 1.82) is 0 Å². The average Bonchev–Trinajstić information content (AvgIpc) is 2.42. The smallest absolute Gasteiger partial charge is 0.418 e. The van der Waals surface area contributed by atoms with Crippen molar-refractivity contribution in [3.05, 3.63) is 53.4 Å². The van der Waals surface area contributed by atoms with Gasteiger partial charge in [-0.2, -0.15) is 13.2 Å². The van der Waals surface area contributed by atoms with Gasteiger partial charge in [-0.05, 0) is 23.8 Å². The third kappa shape index (κ3) is 3.46. The highest BCUT2D eigenvalue weighted by Crippen LogP contribution is 2.33. The van der Waals surface area contributed by atoms with Crippen LogP contribution in [-0.4, -0.2) is 10.1 Å². The molecule has 1 aromatic carbocycles. The summed E-state index contributed by atoms with van der Waals surface area (Å²) >= 11 is 0. The first-order valence-electron chi connectivity index (χ1n) is 5.60. The molecular formula is C13H8F5NO2. The van der Waals surface area contributed by atoms with Crippen molar-refractivity contribution in [3.63, 3.8) is 0 Å². The Balaban J connectivity index is 2.35. The predicted molar refractivity (Wildman–Crippen MR) is 61.6 cm³/mol. The van der Waals surface area contributed by atoms with Gasteiger partial charge in [0.2, 0.25) is 0 Å². The predicted octanol–water partition coefficient (Wildman–Crippen LogP) is 3.66. The normalized spacial score (nSPS) is 11.5. The van der Waals surface area contributed by atoms with E-state index in [1.54, 1.807) is 0 Å². The summed E-state index contributed by atoms with van der Waals surface area (Å²) in [5.41, 5.74) is -1.13. The fraction of sp³-hybridized carbons (Fsp3) is 0.154. The number of benzene rings is 1.